The number of hydrogen-bond acceptors (Lipinski definition) is 4. The second-order valence-electron chi connectivity index (χ2n) is 5.85. The smallest absolute Gasteiger partial charge is 0.246 e. The Bertz CT molecular complexity index is 1020. The van der Waals surface area contributed by atoms with Gasteiger partial charge in [-0.2, -0.15) is 0 Å². The maximum atomic E-state index is 13.1. The van der Waals surface area contributed by atoms with Crippen LogP contribution < -0.4 is 4.90 Å². The van der Waals surface area contributed by atoms with Gasteiger partial charge in [0.25, 0.3) is 0 Å². The highest BCUT2D eigenvalue weighted by Crippen LogP contribution is 2.27. The summed E-state index contributed by atoms with van der Waals surface area (Å²) in [6.45, 7) is 2.84. The van der Waals surface area contributed by atoms with Crippen molar-refractivity contribution in [3.63, 3.8) is 0 Å². The summed E-state index contributed by atoms with van der Waals surface area (Å²) in [7, 11) is 0. The third kappa shape index (κ3) is 2.99. The van der Waals surface area contributed by atoms with E-state index in [4.69, 9.17) is 4.98 Å². The molecule has 26 heavy (non-hydrogen) atoms. The van der Waals surface area contributed by atoms with Gasteiger partial charge in [0.2, 0.25) is 5.91 Å². The Balaban J connectivity index is 1.74. The number of thiazole rings is 1. The van der Waals surface area contributed by atoms with Crippen LogP contribution >= 0.6 is 11.3 Å². The molecular weight excluding hydrogens is 344 g/mol. The number of carbonyl (C=O) groups excluding carboxylic acids is 1. The van der Waals surface area contributed by atoms with E-state index in [9.17, 15) is 4.79 Å². The Hall–Kier alpha value is -2.99. The van der Waals surface area contributed by atoms with Crippen molar-refractivity contribution in [3.05, 3.63) is 66.3 Å². The first-order valence-electron chi connectivity index (χ1n) is 8.47. The Morgan fingerprint density at radius 2 is 1.88 bits per heavy atom. The second kappa shape index (κ2) is 7.09. The number of aromatic nitrogens is 3. The fourth-order valence-corrected chi connectivity index (χ4v) is 3.70. The van der Waals surface area contributed by atoms with Crippen LogP contribution in [0.2, 0.25) is 0 Å². The topological polar surface area (TPSA) is 51.0 Å². The fourth-order valence-electron chi connectivity index (χ4n) is 3.08. The molecule has 5 nitrogen and oxygen atoms in total. The molecule has 0 aliphatic rings. The summed E-state index contributed by atoms with van der Waals surface area (Å²) in [5.74, 6) is 0.818. The standard InChI is InChI=1S/C20H18N4OS/c1-2-23(15-8-4-3-5-9-15)19(25)13-24-17-11-7-6-10-16(17)22-20(24)18-12-21-14-26-18/h3-12,14H,2,13H2,1H3. The molecule has 0 N–H and O–H groups in total. The number of imidazole rings is 1. The maximum absolute atomic E-state index is 13.1. The summed E-state index contributed by atoms with van der Waals surface area (Å²) >= 11 is 1.52. The highest BCUT2D eigenvalue weighted by molar-refractivity contribution is 7.13. The van der Waals surface area contributed by atoms with Crippen LogP contribution in [0.1, 0.15) is 6.92 Å². The number of benzene rings is 2. The number of rotatable bonds is 5. The van der Waals surface area contributed by atoms with Crippen molar-refractivity contribution in [2.24, 2.45) is 0 Å². The Morgan fingerprint density at radius 1 is 1.12 bits per heavy atom. The third-order valence-electron chi connectivity index (χ3n) is 4.29. The van der Waals surface area contributed by atoms with E-state index >= 15 is 0 Å². The quantitative estimate of drug-likeness (QED) is 0.534. The normalized spacial score (nSPS) is 11.0. The molecule has 0 bridgehead atoms. The molecule has 0 spiro atoms. The number of nitrogens with zero attached hydrogens (tertiary/aromatic N) is 4. The number of carbonyl (C=O) groups is 1. The predicted molar refractivity (Wildman–Crippen MR) is 105 cm³/mol. The molecule has 2 aromatic heterocycles. The zero-order valence-electron chi connectivity index (χ0n) is 14.4. The lowest BCUT2D eigenvalue weighted by Gasteiger charge is -2.22. The summed E-state index contributed by atoms with van der Waals surface area (Å²) in [4.78, 5) is 24.7. The third-order valence-corrected chi connectivity index (χ3v) is 5.05. The summed E-state index contributed by atoms with van der Waals surface area (Å²) in [6, 6.07) is 17.6. The molecule has 4 rings (SSSR count). The molecule has 0 unspecified atom stereocenters. The van der Waals surface area contributed by atoms with Crippen molar-refractivity contribution in [3.8, 4) is 10.7 Å². The molecular formula is C20H18N4OS. The molecule has 0 atom stereocenters. The van der Waals surface area contributed by atoms with Gasteiger partial charge in [0.15, 0.2) is 5.82 Å². The number of fused-ring (bicyclic) bond motifs is 1. The molecule has 6 heteroatoms. The van der Waals surface area contributed by atoms with Crippen LogP contribution in [0.15, 0.2) is 66.3 Å². The fraction of sp³-hybridized carbons (Fsp3) is 0.150. The van der Waals surface area contributed by atoms with Crippen LogP contribution in [-0.4, -0.2) is 27.0 Å². The average molecular weight is 362 g/mol. The minimum absolute atomic E-state index is 0.0348. The molecule has 0 aliphatic heterocycles. The monoisotopic (exact) mass is 362 g/mol. The van der Waals surface area contributed by atoms with Gasteiger partial charge in [-0.15, -0.1) is 11.3 Å². The molecule has 0 fully saturated rings. The van der Waals surface area contributed by atoms with Crippen molar-refractivity contribution >= 4 is 34.0 Å². The van der Waals surface area contributed by atoms with Gasteiger partial charge in [-0.1, -0.05) is 30.3 Å². The van der Waals surface area contributed by atoms with Gasteiger partial charge in [-0.05, 0) is 31.2 Å². The molecule has 0 radical (unpaired) electrons. The van der Waals surface area contributed by atoms with Gasteiger partial charge in [0, 0.05) is 18.4 Å². The van der Waals surface area contributed by atoms with E-state index in [0.717, 1.165) is 27.4 Å². The number of anilines is 1. The van der Waals surface area contributed by atoms with Gasteiger partial charge < -0.3 is 9.47 Å². The van der Waals surface area contributed by atoms with Gasteiger partial charge in [0.1, 0.15) is 6.54 Å². The Labute approximate surface area is 155 Å². The minimum atomic E-state index is 0.0348. The molecule has 0 aliphatic carbocycles. The van der Waals surface area contributed by atoms with Crippen molar-refractivity contribution < 1.29 is 4.79 Å². The zero-order valence-corrected chi connectivity index (χ0v) is 15.2. The van der Waals surface area contributed by atoms with Crippen molar-refractivity contribution in [2.45, 2.75) is 13.5 Å². The molecule has 4 aromatic rings. The summed E-state index contributed by atoms with van der Waals surface area (Å²) in [5.41, 5.74) is 4.52. The van der Waals surface area contributed by atoms with E-state index in [1.807, 2.05) is 66.1 Å². The van der Waals surface area contributed by atoms with Crippen LogP contribution in [0.5, 0.6) is 0 Å². The molecule has 2 aromatic carbocycles. The van der Waals surface area contributed by atoms with E-state index < -0.39 is 0 Å². The molecule has 0 saturated carbocycles. The van der Waals surface area contributed by atoms with Crippen LogP contribution in [0.4, 0.5) is 5.69 Å². The van der Waals surface area contributed by atoms with Crippen LogP contribution in [0.3, 0.4) is 0 Å². The lowest BCUT2D eigenvalue weighted by molar-refractivity contribution is -0.119. The van der Waals surface area contributed by atoms with Crippen LogP contribution in [-0.2, 0) is 11.3 Å². The first kappa shape index (κ1) is 16.5. The lowest BCUT2D eigenvalue weighted by Crippen LogP contribution is -2.33. The van der Waals surface area contributed by atoms with Crippen molar-refractivity contribution in [1.82, 2.24) is 14.5 Å². The number of para-hydroxylation sites is 3. The molecule has 2 heterocycles. The maximum Gasteiger partial charge on any atom is 0.246 e. The first-order valence-corrected chi connectivity index (χ1v) is 9.35. The zero-order chi connectivity index (χ0) is 17.9. The second-order valence-corrected chi connectivity index (χ2v) is 6.74. The first-order chi connectivity index (χ1) is 12.8. The van der Waals surface area contributed by atoms with E-state index in [-0.39, 0.29) is 12.5 Å². The van der Waals surface area contributed by atoms with Crippen LogP contribution in [0, 0.1) is 0 Å². The van der Waals surface area contributed by atoms with Gasteiger partial charge >= 0.3 is 0 Å². The van der Waals surface area contributed by atoms with Crippen LogP contribution in [0.25, 0.3) is 21.7 Å². The van der Waals surface area contributed by atoms with Gasteiger partial charge in [-0.3, -0.25) is 9.78 Å². The summed E-state index contributed by atoms with van der Waals surface area (Å²) in [5, 5.41) is 0. The summed E-state index contributed by atoms with van der Waals surface area (Å²) < 4.78 is 1.98. The van der Waals surface area contributed by atoms with Gasteiger partial charge in [-0.25, -0.2) is 4.98 Å². The van der Waals surface area contributed by atoms with E-state index in [0.29, 0.717) is 6.54 Å². The molecule has 130 valence electrons. The van der Waals surface area contributed by atoms with E-state index in [2.05, 4.69) is 4.98 Å². The SMILES string of the molecule is CCN(C(=O)Cn1c(-c2cncs2)nc2ccccc21)c1ccccc1. The molecule has 1 amide bonds. The largest absolute Gasteiger partial charge is 0.314 e. The number of likely N-dealkylation sites (N-methyl/N-ethyl adjacent to an activating group) is 1. The highest BCUT2D eigenvalue weighted by Gasteiger charge is 2.19. The number of hydrogen-bond donors (Lipinski definition) is 0. The van der Waals surface area contributed by atoms with E-state index in [1.165, 1.54) is 11.3 Å². The number of amides is 1. The Kier molecular flexibility index (Phi) is 4.50. The van der Waals surface area contributed by atoms with Crippen molar-refractivity contribution in [2.75, 3.05) is 11.4 Å². The Morgan fingerprint density at radius 3 is 2.62 bits per heavy atom. The highest BCUT2D eigenvalue weighted by atomic mass is 32.1. The lowest BCUT2D eigenvalue weighted by atomic mass is 10.2. The van der Waals surface area contributed by atoms with Gasteiger partial charge in [0.05, 0.1) is 21.4 Å². The van der Waals surface area contributed by atoms with Crippen molar-refractivity contribution in [1.29, 1.82) is 0 Å². The predicted octanol–water partition coefficient (Wildman–Crippen LogP) is 4.21. The average Bonchev–Trinajstić information content (AvgIpc) is 3.32. The molecule has 0 saturated heterocycles. The minimum Gasteiger partial charge on any atom is -0.314 e. The van der Waals surface area contributed by atoms with E-state index in [1.54, 1.807) is 16.6 Å². The summed E-state index contributed by atoms with van der Waals surface area (Å²) in [6.07, 6.45) is 1.79.